The summed E-state index contributed by atoms with van der Waals surface area (Å²) in [6, 6.07) is 7.61. The first-order chi connectivity index (χ1) is 16.0. The third kappa shape index (κ3) is 10.4. The highest BCUT2D eigenvalue weighted by Gasteiger charge is 2.20. The molecule has 0 bridgehead atoms. The Morgan fingerprint density at radius 2 is 1.76 bits per heavy atom. The van der Waals surface area contributed by atoms with E-state index < -0.39 is 23.6 Å². The van der Waals surface area contributed by atoms with E-state index >= 15 is 0 Å². The van der Waals surface area contributed by atoms with E-state index in [1.54, 1.807) is 26.8 Å². The van der Waals surface area contributed by atoms with Gasteiger partial charge in [0.15, 0.2) is 0 Å². The van der Waals surface area contributed by atoms with Gasteiger partial charge in [-0.2, -0.15) is 0 Å². The van der Waals surface area contributed by atoms with Gasteiger partial charge in [0, 0.05) is 19.4 Å². The average molecular weight is 472 g/mol. The highest BCUT2D eigenvalue weighted by atomic mass is 16.6. The van der Waals surface area contributed by atoms with Crippen molar-refractivity contribution in [1.29, 1.82) is 0 Å². The van der Waals surface area contributed by atoms with Crippen LogP contribution >= 0.6 is 0 Å². The molecule has 2 rings (SSSR count). The maximum absolute atomic E-state index is 12.5. The van der Waals surface area contributed by atoms with Gasteiger partial charge in [0.05, 0.1) is 0 Å². The predicted octanol–water partition coefficient (Wildman–Crippen LogP) is 4.35. The zero-order valence-electron chi connectivity index (χ0n) is 21.1. The number of nitrogens with two attached hydrogens (primary N) is 1. The van der Waals surface area contributed by atoms with Gasteiger partial charge in [-0.3, -0.25) is 9.59 Å². The zero-order chi connectivity index (χ0) is 25.1. The Hall–Kier alpha value is -2.83. The van der Waals surface area contributed by atoms with E-state index in [4.69, 9.17) is 10.5 Å². The number of carbonyl (C=O) groups excluding carboxylic acids is 3. The van der Waals surface area contributed by atoms with Crippen molar-refractivity contribution in [3.8, 4) is 0 Å². The molecule has 0 heterocycles. The largest absolute Gasteiger partial charge is 0.444 e. The molecule has 1 fully saturated rings. The quantitative estimate of drug-likeness (QED) is 0.441. The van der Waals surface area contributed by atoms with Crippen molar-refractivity contribution in [3.05, 3.63) is 47.5 Å². The summed E-state index contributed by atoms with van der Waals surface area (Å²) in [5.74, 6) is -0.221. The van der Waals surface area contributed by atoms with Gasteiger partial charge in [0.2, 0.25) is 11.8 Å². The molecule has 0 radical (unpaired) electrons. The average Bonchev–Trinajstić information content (AvgIpc) is 2.76. The Morgan fingerprint density at radius 1 is 1.12 bits per heavy atom. The standard InChI is InChI=1S/C27H41N3O4/c1-19(9-8-16-29-26(33)34-27(2,3)4)17-24(31)30-23(25(28)32)18-20-12-14-22(15-13-20)21-10-6-5-7-11-21/h8-9,12-15,19,21,23H,5-7,10-11,16-18H2,1-4H3,(H2,28,32)(H,29,33)(H,30,31)/b9-8-/t19-,23?/m1/s1. The summed E-state index contributed by atoms with van der Waals surface area (Å²) in [5.41, 5.74) is 7.34. The molecule has 34 heavy (non-hydrogen) atoms. The molecule has 4 N–H and O–H groups in total. The second-order valence-corrected chi connectivity index (χ2v) is 10.3. The Bertz CT molecular complexity index is 836. The lowest BCUT2D eigenvalue weighted by Gasteiger charge is -2.22. The molecule has 1 aliphatic carbocycles. The van der Waals surface area contributed by atoms with Crippen LogP contribution in [0.5, 0.6) is 0 Å². The second kappa shape index (κ2) is 13.2. The Labute approximate surface area is 203 Å². The molecule has 1 aromatic rings. The number of ether oxygens (including phenoxy) is 1. The molecular formula is C27H41N3O4. The van der Waals surface area contributed by atoms with E-state index in [-0.39, 0.29) is 18.2 Å². The van der Waals surface area contributed by atoms with Crippen LogP contribution in [0.1, 0.15) is 83.3 Å². The van der Waals surface area contributed by atoms with Crippen molar-refractivity contribution in [2.45, 2.75) is 90.2 Å². The lowest BCUT2D eigenvalue weighted by Crippen LogP contribution is -2.46. The number of carbonyl (C=O) groups is 3. The van der Waals surface area contributed by atoms with Crippen molar-refractivity contribution >= 4 is 17.9 Å². The van der Waals surface area contributed by atoms with Crippen LogP contribution in [-0.4, -0.2) is 36.1 Å². The van der Waals surface area contributed by atoms with Gasteiger partial charge < -0.3 is 21.1 Å². The van der Waals surface area contributed by atoms with Crippen LogP contribution in [-0.2, 0) is 20.7 Å². The fourth-order valence-corrected chi connectivity index (χ4v) is 4.19. The van der Waals surface area contributed by atoms with Crippen LogP contribution in [0, 0.1) is 5.92 Å². The number of rotatable bonds is 10. The van der Waals surface area contributed by atoms with E-state index in [2.05, 4.69) is 22.8 Å². The molecule has 1 saturated carbocycles. The monoisotopic (exact) mass is 471 g/mol. The molecule has 0 saturated heterocycles. The molecular weight excluding hydrogens is 430 g/mol. The number of allylic oxidation sites excluding steroid dienone is 1. The van der Waals surface area contributed by atoms with E-state index in [1.807, 2.05) is 25.1 Å². The molecule has 0 aromatic heterocycles. The molecule has 1 aliphatic rings. The van der Waals surface area contributed by atoms with Crippen LogP contribution in [0.15, 0.2) is 36.4 Å². The Kier molecular flexibility index (Phi) is 10.6. The summed E-state index contributed by atoms with van der Waals surface area (Å²) < 4.78 is 5.17. The van der Waals surface area contributed by atoms with Gasteiger partial charge in [-0.05, 0) is 56.6 Å². The third-order valence-electron chi connectivity index (χ3n) is 5.91. The predicted molar refractivity (Wildman–Crippen MR) is 134 cm³/mol. The minimum atomic E-state index is -0.752. The van der Waals surface area contributed by atoms with E-state index in [1.165, 1.54) is 37.7 Å². The summed E-state index contributed by atoms with van der Waals surface area (Å²) in [6.07, 6.45) is 10.1. The molecule has 188 valence electrons. The SMILES string of the molecule is C[C@H](/C=C\CNC(=O)OC(C)(C)C)CC(=O)NC(Cc1ccc(C2CCCCC2)cc1)C(N)=O. The van der Waals surface area contributed by atoms with E-state index in [9.17, 15) is 14.4 Å². The molecule has 0 aliphatic heterocycles. The van der Waals surface area contributed by atoms with Crippen LogP contribution in [0.2, 0.25) is 0 Å². The molecule has 7 heteroatoms. The molecule has 0 spiro atoms. The first-order valence-corrected chi connectivity index (χ1v) is 12.3. The normalized spacial score (nSPS) is 16.6. The lowest BCUT2D eigenvalue weighted by molar-refractivity contribution is -0.127. The van der Waals surface area contributed by atoms with Gasteiger partial charge in [-0.1, -0.05) is 62.6 Å². The van der Waals surface area contributed by atoms with Crippen molar-refractivity contribution in [2.24, 2.45) is 11.7 Å². The minimum Gasteiger partial charge on any atom is -0.444 e. The first kappa shape index (κ1) is 27.4. The number of benzene rings is 1. The van der Waals surface area contributed by atoms with Gasteiger partial charge in [-0.25, -0.2) is 4.79 Å². The van der Waals surface area contributed by atoms with Crippen molar-refractivity contribution in [2.75, 3.05) is 6.54 Å². The first-order valence-electron chi connectivity index (χ1n) is 12.3. The number of alkyl carbamates (subject to hydrolysis) is 1. The Balaban J connectivity index is 1.79. The van der Waals surface area contributed by atoms with Crippen molar-refractivity contribution in [3.63, 3.8) is 0 Å². The van der Waals surface area contributed by atoms with Gasteiger partial charge in [-0.15, -0.1) is 0 Å². The second-order valence-electron chi connectivity index (χ2n) is 10.3. The van der Waals surface area contributed by atoms with Crippen molar-refractivity contribution < 1.29 is 19.1 Å². The van der Waals surface area contributed by atoms with Gasteiger partial charge in [0.1, 0.15) is 11.6 Å². The maximum Gasteiger partial charge on any atom is 0.407 e. The summed E-state index contributed by atoms with van der Waals surface area (Å²) in [5, 5.41) is 5.41. The van der Waals surface area contributed by atoms with Crippen molar-refractivity contribution in [1.82, 2.24) is 10.6 Å². The van der Waals surface area contributed by atoms with Crippen LogP contribution in [0.25, 0.3) is 0 Å². The lowest BCUT2D eigenvalue weighted by atomic mass is 9.84. The van der Waals surface area contributed by atoms with Gasteiger partial charge >= 0.3 is 6.09 Å². The smallest absolute Gasteiger partial charge is 0.407 e. The molecule has 1 aromatic carbocycles. The van der Waals surface area contributed by atoms with E-state index in [0.717, 1.165) is 5.56 Å². The zero-order valence-corrected chi connectivity index (χ0v) is 21.1. The summed E-state index contributed by atoms with van der Waals surface area (Å²) in [6.45, 7) is 7.60. The number of hydrogen-bond donors (Lipinski definition) is 3. The fraction of sp³-hybridized carbons (Fsp3) is 0.593. The van der Waals surface area contributed by atoms with E-state index in [0.29, 0.717) is 18.9 Å². The molecule has 2 atom stereocenters. The summed E-state index contributed by atoms with van der Waals surface area (Å²) in [4.78, 5) is 36.1. The Morgan fingerprint density at radius 3 is 2.35 bits per heavy atom. The molecule has 3 amide bonds. The minimum absolute atomic E-state index is 0.0660. The number of hydrogen-bond acceptors (Lipinski definition) is 4. The van der Waals surface area contributed by atoms with Crippen LogP contribution in [0.3, 0.4) is 0 Å². The number of primary amides is 1. The summed E-state index contributed by atoms with van der Waals surface area (Å²) >= 11 is 0. The summed E-state index contributed by atoms with van der Waals surface area (Å²) in [7, 11) is 0. The van der Waals surface area contributed by atoms with Crippen LogP contribution in [0.4, 0.5) is 4.79 Å². The third-order valence-corrected chi connectivity index (χ3v) is 5.91. The van der Waals surface area contributed by atoms with Gasteiger partial charge in [0.25, 0.3) is 0 Å². The number of nitrogens with one attached hydrogen (secondary N) is 2. The fourth-order valence-electron chi connectivity index (χ4n) is 4.19. The number of amides is 3. The maximum atomic E-state index is 12.5. The molecule has 1 unspecified atom stereocenters. The highest BCUT2D eigenvalue weighted by molar-refractivity contribution is 5.86. The topological polar surface area (TPSA) is 111 Å². The highest BCUT2D eigenvalue weighted by Crippen LogP contribution is 2.32. The molecule has 7 nitrogen and oxygen atoms in total. The van der Waals surface area contributed by atoms with Crippen LogP contribution < -0.4 is 16.4 Å².